The lowest BCUT2D eigenvalue weighted by Gasteiger charge is -2.07. The molecular weight excluding hydrogens is 358 g/mol. The number of aryl methyl sites for hydroxylation is 2. The van der Waals surface area contributed by atoms with Crippen molar-refractivity contribution in [2.75, 3.05) is 0 Å². The molecule has 4 aromatic rings. The molecule has 0 aliphatic heterocycles. The third kappa shape index (κ3) is 3.32. The predicted octanol–water partition coefficient (Wildman–Crippen LogP) is 1.84. The zero-order chi connectivity index (χ0) is 19.7. The molecule has 0 saturated heterocycles. The summed E-state index contributed by atoms with van der Waals surface area (Å²) in [4.78, 5) is 27.7. The molecule has 0 radical (unpaired) electrons. The SMILES string of the molecule is Cc1cc(C)c2cc(C(=O)NNC(=O)c3ccc(-n4cnnn4)cc3)[nH]c2c1. The number of hydrogen-bond donors (Lipinski definition) is 3. The molecule has 140 valence electrons. The molecule has 4 rings (SSSR count). The van der Waals surface area contributed by atoms with Gasteiger partial charge in [-0.2, -0.15) is 0 Å². The van der Waals surface area contributed by atoms with Crippen LogP contribution in [0.2, 0.25) is 0 Å². The fourth-order valence-electron chi connectivity index (χ4n) is 3.02. The molecule has 0 spiro atoms. The molecule has 0 aliphatic carbocycles. The summed E-state index contributed by atoms with van der Waals surface area (Å²) >= 11 is 0. The predicted molar refractivity (Wildman–Crippen MR) is 102 cm³/mol. The number of H-pyrrole nitrogens is 1. The maximum Gasteiger partial charge on any atom is 0.286 e. The van der Waals surface area contributed by atoms with Crippen LogP contribution in [0.3, 0.4) is 0 Å². The van der Waals surface area contributed by atoms with Gasteiger partial charge in [-0.1, -0.05) is 6.07 Å². The minimum atomic E-state index is -0.431. The number of aromatic amines is 1. The van der Waals surface area contributed by atoms with Gasteiger partial charge >= 0.3 is 0 Å². The van der Waals surface area contributed by atoms with Gasteiger partial charge in [0.15, 0.2) is 0 Å². The van der Waals surface area contributed by atoms with Gasteiger partial charge in [0, 0.05) is 16.5 Å². The van der Waals surface area contributed by atoms with Crippen LogP contribution in [0.15, 0.2) is 48.8 Å². The normalized spacial score (nSPS) is 10.8. The van der Waals surface area contributed by atoms with E-state index in [-0.39, 0.29) is 0 Å². The second-order valence-electron chi connectivity index (χ2n) is 6.44. The highest BCUT2D eigenvalue weighted by atomic mass is 16.2. The Kier molecular flexibility index (Phi) is 4.32. The molecule has 0 saturated carbocycles. The Morgan fingerprint density at radius 3 is 2.46 bits per heavy atom. The van der Waals surface area contributed by atoms with E-state index in [1.54, 1.807) is 30.3 Å². The molecular formula is C19H17N7O2. The number of hydrogen-bond acceptors (Lipinski definition) is 5. The maximum absolute atomic E-state index is 12.4. The molecule has 3 N–H and O–H groups in total. The van der Waals surface area contributed by atoms with Crippen LogP contribution in [0.25, 0.3) is 16.6 Å². The summed E-state index contributed by atoms with van der Waals surface area (Å²) in [5.41, 5.74) is 9.39. The molecule has 0 atom stereocenters. The van der Waals surface area contributed by atoms with E-state index in [1.807, 2.05) is 19.9 Å². The monoisotopic (exact) mass is 375 g/mol. The Hall–Kier alpha value is -4.01. The van der Waals surface area contributed by atoms with Crippen LogP contribution in [-0.4, -0.2) is 37.0 Å². The molecule has 0 fully saturated rings. The number of nitrogens with one attached hydrogen (secondary N) is 3. The summed E-state index contributed by atoms with van der Waals surface area (Å²) in [5.74, 6) is -0.855. The number of aromatic nitrogens is 5. The Morgan fingerprint density at radius 2 is 1.75 bits per heavy atom. The molecule has 2 heterocycles. The van der Waals surface area contributed by atoms with Crippen molar-refractivity contribution in [2.24, 2.45) is 0 Å². The van der Waals surface area contributed by atoms with E-state index in [4.69, 9.17) is 0 Å². The lowest BCUT2D eigenvalue weighted by molar-refractivity contribution is 0.0844. The number of tetrazole rings is 1. The molecule has 28 heavy (non-hydrogen) atoms. The first kappa shape index (κ1) is 17.4. The summed E-state index contributed by atoms with van der Waals surface area (Å²) in [6, 6.07) is 12.4. The minimum absolute atomic E-state index is 0.373. The van der Waals surface area contributed by atoms with Crippen molar-refractivity contribution < 1.29 is 9.59 Å². The second-order valence-corrected chi connectivity index (χ2v) is 6.44. The Morgan fingerprint density at radius 1 is 1.00 bits per heavy atom. The number of rotatable bonds is 3. The van der Waals surface area contributed by atoms with Crippen molar-refractivity contribution >= 4 is 22.7 Å². The highest BCUT2D eigenvalue weighted by molar-refractivity contribution is 6.01. The van der Waals surface area contributed by atoms with Gasteiger partial charge in [0.25, 0.3) is 11.8 Å². The summed E-state index contributed by atoms with van der Waals surface area (Å²) in [5, 5.41) is 11.9. The minimum Gasteiger partial charge on any atom is -0.350 e. The number of fused-ring (bicyclic) bond motifs is 1. The van der Waals surface area contributed by atoms with Crippen molar-refractivity contribution in [1.82, 2.24) is 36.0 Å². The van der Waals surface area contributed by atoms with Gasteiger partial charge in [0.2, 0.25) is 0 Å². The van der Waals surface area contributed by atoms with E-state index >= 15 is 0 Å². The number of carbonyl (C=O) groups excluding carboxylic acids is 2. The third-order valence-corrected chi connectivity index (χ3v) is 4.37. The van der Waals surface area contributed by atoms with Gasteiger partial charge in [0.1, 0.15) is 12.0 Å². The topological polar surface area (TPSA) is 118 Å². The van der Waals surface area contributed by atoms with E-state index in [0.717, 1.165) is 22.0 Å². The van der Waals surface area contributed by atoms with Crippen molar-refractivity contribution in [1.29, 1.82) is 0 Å². The first-order valence-electron chi connectivity index (χ1n) is 8.55. The van der Waals surface area contributed by atoms with E-state index in [0.29, 0.717) is 16.9 Å². The molecule has 2 aromatic carbocycles. The van der Waals surface area contributed by atoms with Crippen LogP contribution in [0.4, 0.5) is 0 Å². The smallest absolute Gasteiger partial charge is 0.286 e. The Labute approximate surface area is 159 Å². The average molecular weight is 375 g/mol. The number of benzene rings is 2. The van der Waals surface area contributed by atoms with E-state index in [9.17, 15) is 9.59 Å². The average Bonchev–Trinajstić information content (AvgIpc) is 3.36. The van der Waals surface area contributed by atoms with E-state index < -0.39 is 11.8 Å². The number of amides is 2. The Balaban J connectivity index is 1.43. The first-order valence-corrected chi connectivity index (χ1v) is 8.55. The molecule has 0 bridgehead atoms. The number of carbonyl (C=O) groups is 2. The van der Waals surface area contributed by atoms with Gasteiger partial charge < -0.3 is 4.98 Å². The van der Waals surface area contributed by atoms with Gasteiger partial charge in [0.05, 0.1) is 5.69 Å². The van der Waals surface area contributed by atoms with Crippen LogP contribution < -0.4 is 10.9 Å². The molecule has 0 unspecified atom stereocenters. The second kappa shape index (κ2) is 6.95. The van der Waals surface area contributed by atoms with Gasteiger partial charge in [-0.05, 0) is 71.8 Å². The lowest BCUT2D eigenvalue weighted by Crippen LogP contribution is -2.41. The highest BCUT2D eigenvalue weighted by Gasteiger charge is 2.13. The fourth-order valence-corrected chi connectivity index (χ4v) is 3.02. The highest BCUT2D eigenvalue weighted by Crippen LogP contribution is 2.21. The number of hydrazine groups is 1. The van der Waals surface area contributed by atoms with Crippen LogP contribution in [0.5, 0.6) is 0 Å². The summed E-state index contributed by atoms with van der Waals surface area (Å²) in [6.45, 7) is 3.99. The van der Waals surface area contributed by atoms with Crippen LogP contribution in [-0.2, 0) is 0 Å². The van der Waals surface area contributed by atoms with Crippen molar-refractivity contribution in [3.05, 3.63) is 71.2 Å². The Bertz CT molecular complexity index is 1160. The lowest BCUT2D eigenvalue weighted by atomic mass is 10.1. The maximum atomic E-state index is 12.4. The zero-order valence-electron chi connectivity index (χ0n) is 15.2. The van der Waals surface area contributed by atoms with E-state index in [2.05, 4.69) is 37.4 Å². The summed E-state index contributed by atoms with van der Waals surface area (Å²) in [7, 11) is 0. The molecule has 0 aliphatic rings. The summed E-state index contributed by atoms with van der Waals surface area (Å²) in [6.07, 6.45) is 1.46. The standard InChI is InChI=1S/C19H17N7O2/c1-11-7-12(2)15-9-17(21-16(15)8-11)19(28)23-22-18(27)13-3-5-14(6-4-13)26-10-20-24-25-26/h3-10,21H,1-2H3,(H,22,27)(H,23,28). The van der Waals surface area contributed by atoms with Crippen LogP contribution in [0.1, 0.15) is 32.0 Å². The van der Waals surface area contributed by atoms with Gasteiger partial charge in [-0.15, -0.1) is 5.10 Å². The van der Waals surface area contributed by atoms with Gasteiger partial charge in [-0.3, -0.25) is 20.4 Å². The van der Waals surface area contributed by atoms with Crippen molar-refractivity contribution in [3.8, 4) is 5.69 Å². The third-order valence-electron chi connectivity index (χ3n) is 4.37. The molecule has 2 amide bonds. The van der Waals surface area contributed by atoms with E-state index in [1.165, 1.54) is 11.0 Å². The zero-order valence-corrected chi connectivity index (χ0v) is 15.2. The molecule has 9 nitrogen and oxygen atoms in total. The largest absolute Gasteiger partial charge is 0.350 e. The van der Waals surface area contributed by atoms with Gasteiger partial charge in [-0.25, -0.2) is 4.68 Å². The van der Waals surface area contributed by atoms with Crippen LogP contribution >= 0.6 is 0 Å². The molecule has 9 heteroatoms. The summed E-state index contributed by atoms with van der Waals surface area (Å²) < 4.78 is 1.48. The number of nitrogens with zero attached hydrogens (tertiary/aromatic N) is 4. The van der Waals surface area contributed by atoms with Crippen molar-refractivity contribution in [2.45, 2.75) is 13.8 Å². The fraction of sp³-hybridized carbons (Fsp3) is 0.105. The quantitative estimate of drug-likeness (QED) is 0.472. The molecule has 2 aromatic heterocycles. The van der Waals surface area contributed by atoms with Crippen molar-refractivity contribution in [3.63, 3.8) is 0 Å². The van der Waals surface area contributed by atoms with Crippen LogP contribution in [0, 0.1) is 13.8 Å². The first-order chi connectivity index (χ1) is 13.5.